The number of nitrogens with one attached hydrogen (secondary N) is 2. The molecular formula is C32H29F2N3O8. The van der Waals surface area contributed by atoms with E-state index in [0.29, 0.717) is 59.9 Å². The number of carbonyl (C=O) groups is 4. The summed E-state index contributed by atoms with van der Waals surface area (Å²) in [7, 11) is 0. The number of nitrogens with zero attached hydrogens (tertiary/aromatic N) is 1. The highest BCUT2D eigenvalue weighted by atomic mass is 19.2. The number of benzene rings is 3. The molecule has 0 radical (unpaired) electrons. The monoisotopic (exact) mass is 621 g/mol. The number of halogens is 2. The predicted molar refractivity (Wildman–Crippen MR) is 154 cm³/mol. The van der Waals surface area contributed by atoms with Crippen molar-refractivity contribution in [2.75, 3.05) is 18.5 Å². The Morgan fingerprint density at radius 2 is 1.71 bits per heavy atom. The van der Waals surface area contributed by atoms with Gasteiger partial charge in [-0.25, -0.2) is 13.6 Å². The number of imide groups is 1. The molecule has 234 valence electrons. The number of carbonyl (C=O) groups excluding carboxylic acids is 4. The van der Waals surface area contributed by atoms with Gasteiger partial charge in [-0.05, 0) is 48.4 Å². The van der Waals surface area contributed by atoms with Crippen LogP contribution in [0.2, 0.25) is 0 Å². The molecule has 0 bridgehead atoms. The zero-order valence-electron chi connectivity index (χ0n) is 24.0. The molecular weight excluding hydrogens is 592 g/mol. The lowest BCUT2D eigenvalue weighted by Crippen LogP contribution is -2.52. The lowest BCUT2D eigenvalue weighted by atomic mass is 10.0. The second kappa shape index (κ2) is 12.9. The number of rotatable bonds is 8. The van der Waals surface area contributed by atoms with Crippen molar-refractivity contribution in [2.24, 2.45) is 0 Å². The van der Waals surface area contributed by atoms with Crippen LogP contribution in [-0.4, -0.2) is 54.1 Å². The van der Waals surface area contributed by atoms with Crippen LogP contribution in [0.15, 0.2) is 54.6 Å². The fourth-order valence-corrected chi connectivity index (χ4v) is 5.45. The average Bonchev–Trinajstić information content (AvgIpc) is 3.36. The first-order valence-corrected chi connectivity index (χ1v) is 14.5. The van der Waals surface area contributed by atoms with Crippen LogP contribution in [0.25, 0.3) is 0 Å². The van der Waals surface area contributed by atoms with Gasteiger partial charge in [0, 0.05) is 43.1 Å². The van der Waals surface area contributed by atoms with Crippen LogP contribution in [0.1, 0.15) is 47.2 Å². The molecule has 45 heavy (non-hydrogen) atoms. The number of piperidine rings is 1. The van der Waals surface area contributed by atoms with Crippen molar-refractivity contribution in [1.29, 1.82) is 0 Å². The van der Waals surface area contributed by atoms with Crippen molar-refractivity contribution in [3.05, 3.63) is 82.9 Å². The summed E-state index contributed by atoms with van der Waals surface area (Å²) in [6.45, 7) is 0.993. The van der Waals surface area contributed by atoms with E-state index < -0.39 is 35.6 Å². The van der Waals surface area contributed by atoms with Crippen molar-refractivity contribution in [2.45, 2.75) is 51.0 Å². The maximum atomic E-state index is 13.7. The Balaban J connectivity index is 1.14. The molecule has 2 fully saturated rings. The third kappa shape index (κ3) is 6.73. The van der Waals surface area contributed by atoms with Crippen LogP contribution in [0.3, 0.4) is 0 Å². The fourth-order valence-electron chi connectivity index (χ4n) is 5.45. The Kier molecular flexibility index (Phi) is 8.60. The van der Waals surface area contributed by atoms with Crippen LogP contribution in [-0.2, 0) is 32.2 Å². The summed E-state index contributed by atoms with van der Waals surface area (Å²) in [6, 6.07) is 12.1. The minimum atomic E-state index is -1.03. The van der Waals surface area contributed by atoms with Crippen LogP contribution in [0, 0.1) is 11.6 Å². The first-order valence-electron chi connectivity index (χ1n) is 14.5. The summed E-state index contributed by atoms with van der Waals surface area (Å²) in [6.07, 6.45) is 0.617. The van der Waals surface area contributed by atoms with Crippen molar-refractivity contribution in [3.63, 3.8) is 0 Å². The van der Waals surface area contributed by atoms with E-state index in [1.165, 1.54) is 23.1 Å². The van der Waals surface area contributed by atoms with Crippen LogP contribution < -0.4 is 20.1 Å². The van der Waals surface area contributed by atoms with E-state index in [2.05, 4.69) is 10.6 Å². The van der Waals surface area contributed by atoms with Gasteiger partial charge < -0.3 is 23.8 Å². The van der Waals surface area contributed by atoms with Gasteiger partial charge in [-0.15, -0.1) is 0 Å². The lowest BCUT2D eigenvalue weighted by molar-refractivity contribution is -0.136. The highest BCUT2D eigenvalue weighted by molar-refractivity contribution is 6.06. The first-order chi connectivity index (χ1) is 21.7. The molecule has 2 saturated heterocycles. The van der Waals surface area contributed by atoms with Gasteiger partial charge in [-0.2, -0.15) is 0 Å². The standard InChI is InChI=1S/C32H29F2N3O8/c33-24-8-7-23(15-25(24)34)44-21-5-3-20(4-6-21)35-32(41)43-17-19-2-1-18-16-37(26-9-10-27(38)36-30(26)39)31(40)28(18)29(19)45-22-11-13-42-14-12-22/h1-8,15,22,26H,9-14,16-17H2,(H,35,41)(H,36,38,39). The summed E-state index contributed by atoms with van der Waals surface area (Å²) in [4.78, 5) is 52.0. The van der Waals surface area contributed by atoms with Crippen molar-refractivity contribution >= 4 is 29.5 Å². The molecule has 3 aromatic rings. The quantitative estimate of drug-likeness (QED) is 0.342. The Hall–Kier alpha value is -5.04. The average molecular weight is 622 g/mol. The van der Waals surface area contributed by atoms with E-state index in [9.17, 15) is 28.0 Å². The summed E-state index contributed by atoms with van der Waals surface area (Å²) >= 11 is 0. The zero-order valence-corrected chi connectivity index (χ0v) is 24.0. The van der Waals surface area contributed by atoms with E-state index in [4.69, 9.17) is 18.9 Å². The molecule has 0 aromatic heterocycles. The summed E-state index contributed by atoms with van der Waals surface area (Å²) in [5.74, 6) is -2.54. The molecule has 1 atom stereocenters. The summed E-state index contributed by atoms with van der Waals surface area (Å²) in [5.41, 5.74) is 1.85. The van der Waals surface area contributed by atoms with Gasteiger partial charge >= 0.3 is 6.09 Å². The van der Waals surface area contributed by atoms with E-state index in [0.717, 1.165) is 12.1 Å². The SMILES string of the molecule is O=C1CCC(N2Cc3ccc(COC(=O)Nc4ccc(Oc5ccc(F)c(F)c5)cc4)c(OC4CCOCC4)c3C2=O)C(=O)N1. The normalized spacial score (nSPS) is 18.3. The third-order valence-corrected chi connectivity index (χ3v) is 7.77. The smallest absolute Gasteiger partial charge is 0.411 e. The third-order valence-electron chi connectivity index (χ3n) is 7.77. The lowest BCUT2D eigenvalue weighted by Gasteiger charge is -2.29. The van der Waals surface area contributed by atoms with Gasteiger partial charge in [0.05, 0.1) is 18.8 Å². The second-order valence-electron chi connectivity index (χ2n) is 10.8. The maximum Gasteiger partial charge on any atom is 0.411 e. The molecule has 0 aliphatic carbocycles. The molecule has 3 heterocycles. The van der Waals surface area contributed by atoms with Crippen molar-refractivity contribution in [3.8, 4) is 17.2 Å². The van der Waals surface area contributed by atoms with Gasteiger partial charge in [-0.3, -0.25) is 25.0 Å². The molecule has 1 unspecified atom stereocenters. The molecule has 4 amide bonds. The molecule has 0 spiro atoms. The maximum absolute atomic E-state index is 13.7. The van der Waals surface area contributed by atoms with Crippen LogP contribution in [0.5, 0.6) is 17.2 Å². The summed E-state index contributed by atoms with van der Waals surface area (Å²) < 4.78 is 49.4. The van der Waals surface area contributed by atoms with E-state index in [1.54, 1.807) is 24.3 Å². The zero-order chi connectivity index (χ0) is 31.5. The molecule has 13 heteroatoms. The molecule has 3 aromatic carbocycles. The highest BCUT2D eigenvalue weighted by Gasteiger charge is 2.41. The van der Waals surface area contributed by atoms with Crippen molar-refractivity contribution in [1.82, 2.24) is 10.2 Å². The molecule has 3 aliphatic rings. The number of fused-ring (bicyclic) bond motifs is 1. The first kappa shape index (κ1) is 30.0. The summed E-state index contributed by atoms with van der Waals surface area (Å²) in [5, 5.41) is 4.91. The predicted octanol–water partition coefficient (Wildman–Crippen LogP) is 4.82. The largest absolute Gasteiger partial charge is 0.489 e. The van der Waals surface area contributed by atoms with Gasteiger partial charge in [0.2, 0.25) is 11.8 Å². The van der Waals surface area contributed by atoms with Gasteiger partial charge in [0.15, 0.2) is 11.6 Å². The Labute approximate surface area is 256 Å². The Morgan fingerprint density at radius 1 is 0.956 bits per heavy atom. The highest BCUT2D eigenvalue weighted by Crippen LogP contribution is 2.38. The van der Waals surface area contributed by atoms with E-state index in [-0.39, 0.29) is 43.8 Å². The fraction of sp³-hybridized carbons (Fsp3) is 0.312. The number of hydrogen-bond acceptors (Lipinski definition) is 8. The van der Waals surface area contributed by atoms with Gasteiger partial charge in [0.1, 0.15) is 36.0 Å². The molecule has 0 saturated carbocycles. The van der Waals surface area contributed by atoms with E-state index in [1.807, 2.05) is 0 Å². The molecule has 3 aliphatic heterocycles. The molecule has 2 N–H and O–H groups in total. The topological polar surface area (TPSA) is 132 Å². The number of ether oxygens (including phenoxy) is 4. The molecule has 11 nitrogen and oxygen atoms in total. The Morgan fingerprint density at radius 3 is 2.44 bits per heavy atom. The minimum Gasteiger partial charge on any atom is -0.489 e. The van der Waals surface area contributed by atoms with Crippen LogP contribution in [0.4, 0.5) is 19.3 Å². The molecule has 6 rings (SSSR count). The van der Waals surface area contributed by atoms with Gasteiger partial charge in [0.25, 0.3) is 5.91 Å². The van der Waals surface area contributed by atoms with E-state index >= 15 is 0 Å². The minimum absolute atomic E-state index is 0.112. The Bertz CT molecular complexity index is 1640. The number of anilines is 1. The number of amides is 4. The van der Waals surface area contributed by atoms with Crippen LogP contribution >= 0.6 is 0 Å². The van der Waals surface area contributed by atoms with Gasteiger partial charge in [-0.1, -0.05) is 12.1 Å². The second-order valence-corrected chi connectivity index (χ2v) is 10.8. The number of hydrogen-bond donors (Lipinski definition) is 2. The van der Waals surface area contributed by atoms with Crippen molar-refractivity contribution < 1.29 is 46.9 Å².